The Labute approximate surface area is 102 Å². The van der Waals surface area contributed by atoms with Crippen LogP contribution in [0.15, 0.2) is 23.4 Å². The fraction of sp³-hybridized carbons (Fsp3) is 0.545. The van der Waals surface area contributed by atoms with Crippen LogP contribution in [0.2, 0.25) is 0 Å². The molecule has 1 N–H and O–H groups in total. The Morgan fingerprint density at radius 3 is 2.47 bits per heavy atom. The number of nitrogens with zero attached hydrogens (tertiary/aromatic N) is 2. The number of hydrogen-bond acceptors (Lipinski definition) is 4. The van der Waals surface area contributed by atoms with E-state index in [4.69, 9.17) is 5.11 Å². The van der Waals surface area contributed by atoms with Gasteiger partial charge < -0.3 is 5.11 Å². The van der Waals surface area contributed by atoms with Crippen molar-refractivity contribution in [3.05, 3.63) is 23.9 Å². The lowest BCUT2D eigenvalue weighted by Crippen LogP contribution is -2.32. The van der Waals surface area contributed by atoms with Crippen molar-refractivity contribution in [2.24, 2.45) is 0 Å². The smallest absolute Gasteiger partial charge is 0.260 e. The molecule has 0 amide bonds. The van der Waals surface area contributed by atoms with E-state index < -0.39 is 10.0 Å². The number of pyridine rings is 1. The van der Waals surface area contributed by atoms with Crippen molar-refractivity contribution in [3.8, 4) is 0 Å². The van der Waals surface area contributed by atoms with E-state index in [-0.39, 0.29) is 11.6 Å². The number of sulfonamides is 1. The van der Waals surface area contributed by atoms with E-state index in [0.717, 1.165) is 6.42 Å². The molecule has 0 spiro atoms. The van der Waals surface area contributed by atoms with E-state index in [9.17, 15) is 8.42 Å². The molecule has 6 heteroatoms. The van der Waals surface area contributed by atoms with Crippen LogP contribution in [0.1, 0.15) is 25.8 Å². The van der Waals surface area contributed by atoms with Crippen LogP contribution in [0.5, 0.6) is 0 Å². The molecule has 0 saturated heterocycles. The van der Waals surface area contributed by atoms with Crippen molar-refractivity contribution in [1.29, 1.82) is 0 Å². The minimum absolute atomic E-state index is 0.0324. The molecule has 1 rings (SSSR count). The third-order valence-corrected chi connectivity index (χ3v) is 4.30. The molecule has 17 heavy (non-hydrogen) atoms. The van der Waals surface area contributed by atoms with Crippen LogP contribution in [-0.2, 0) is 16.6 Å². The van der Waals surface area contributed by atoms with Crippen LogP contribution in [0, 0.1) is 0 Å². The predicted molar refractivity (Wildman–Crippen MR) is 64.9 cm³/mol. The third kappa shape index (κ3) is 3.24. The van der Waals surface area contributed by atoms with Crippen LogP contribution in [0.25, 0.3) is 0 Å². The van der Waals surface area contributed by atoms with Crippen molar-refractivity contribution in [2.45, 2.75) is 31.9 Å². The second-order valence-electron chi connectivity index (χ2n) is 3.66. The van der Waals surface area contributed by atoms with Crippen LogP contribution in [0.3, 0.4) is 0 Å². The van der Waals surface area contributed by atoms with Gasteiger partial charge in [0.1, 0.15) is 0 Å². The predicted octanol–water partition coefficient (Wildman–Crippen LogP) is 0.995. The highest BCUT2D eigenvalue weighted by Crippen LogP contribution is 2.13. The van der Waals surface area contributed by atoms with Gasteiger partial charge in [-0.1, -0.05) is 19.9 Å². The zero-order chi connectivity index (χ0) is 12.9. The summed E-state index contributed by atoms with van der Waals surface area (Å²) < 4.78 is 25.7. The Kier molecular flexibility index (Phi) is 5.04. The Morgan fingerprint density at radius 1 is 1.35 bits per heavy atom. The van der Waals surface area contributed by atoms with Gasteiger partial charge in [-0.3, -0.25) is 0 Å². The van der Waals surface area contributed by atoms with Gasteiger partial charge in [0.2, 0.25) is 0 Å². The quantitative estimate of drug-likeness (QED) is 0.826. The van der Waals surface area contributed by atoms with Crippen LogP contribution in [0.4, 0.5) is 0 Å². The number of hydrogen-bond donors (Lipinski definition) is 1. The summed E-state index contributed by atoms with van der Waals surface area (Å²) in [5.41, 5.74) is 0.600. The fourth-order valence-electron chi connectivity index (χ4n) is 1.49. The van der Waals surface area contributed by atoms with E-state index in [2.05, 4.69) is 4.98 Å². The van der Waals surface area contributed by atoms with Crippen molar-refractivity contribution in [3.63, 3.8) is 0 Å². The molecule has 0 atom stereocenters. The summed E-state index contributed by atoms with van der Waals surface area (Å²) in [4.78, 5) is 3.88. The molecule has 0 radical (unpaired) electrons. The average molecular weight is 258 g/mol. The van der Waals surface area contributed by atoms with Gasteiger partial charge in [-0.2, -0.15) is 4.31 Å². The molecule has 0 fully saturated rings. The van der Waals surface area contributed by atoms with Gasteiger partial charge in [-0.25, -0.2) is 13.4 Å². The third-order valence-electron chi connectivity index (χ3n) is 2.41. The molecule has 0 aliphatic heterocycles. The first-order chi connectivity index (χ1) is 8.06. The first kappa shape index (κ1) is 14.1. The molecular weight excluding hydrogens is 240 g/mol. The van der Waals surface area contributed by atoms with Crippen LogP contribution >= 0.6 is 0 Å². The first-order valence-electron chi connectivity index (χ1n) is 5.62. The molecule has 1 heterocycles. The summed E-state index contributed by atoms with van der Waals surface area (Å²) in [5, 5.41) is 8.90. The van der Waals surface area contributed by atoms with Gasteiger partial charge >= 0.3 is 0 Å². The van der Waals surface area contributed by atoms with Crippen LogP contribution < -0.4 is 0 Å². The van der Waals surface area contributed by atoms with Crippen molar-refractivity contribution < 1.29 is 13.5 Å². The van der Waals surface area contributed by atoms with E-state index in [1.54, 1.807) is 13.0 Å². The van der Waals surface area contributed by atoms with E-state index in [0.29, 0.717) is 18.7 Å². The largest absolute Gasteiger partial charge is 0.392 e. The molecule has 0 saturated carbocycles. The molecule has 5 nitrogen and oxygen atoms in total. The average Bonchev–Trinajstić information content (AvgIpc) is 2.35. The topological polar surface area (TPSA) is 70.5 Å². The summed E-state index contributed by atoms with van der Waals surface area (Å²) in [6.45, 7) is 4.51. The monoisotopic (exact) mass is 258 g/mol. The maximum atomic E-state index is 12.2. The lowest BCUT2D eigenvalue weighted by molar-refractivity contribution is 0.281. The van der Waals surface area contributed by atoms with Gasteiger partial charge in [0.25, 0.3) is 10.0 Å². The van der Waals surface area contributed by atoms with E-state index in [1.165, 1.54) is 16.6 Å². The van der Waals surface area contributed by atoms with Crippen LogP contribution in [-0.4, -0.2) is 35.9 Å². The lowest BCUT2D eigenvalue weighted by Gasteiger charge is -2.18. The molecule has 1 aromatic rings. The maximum Gasteiger partial charge on any atom is 0.260 e. The zero-order valence-corrected chi connectivity index (χ0v) is 10.9. The van der Waals surface area contributed by atoms with Crippen molar-refractivity contribution in [2.75, 3.05) is 13.1 Å². The second-order valence-corrected chi connectivity index (χ2v) is 5.54. The standard InChI is InChI=1S/C11H18N2O3S/c1-3-7-13(4-2)17(15,16)11-6-5-10(9-14)8-12-11/h5-6,8,14H,3-4,7,9H2,1-2H3. The molecule has 0 aromatic carbocycles. The molecule has 0 aliphatic carbocycles. The molecule has 0 unspecified atom stereocenters. The normalized spacial score (nSPS) is 12.0. The summed E-state index contributed by atoms with van der Waals surface area (Å²) in [5.74, 6) is 0. The van der Waals surface area contributed by atoms with E-state index >= 15 is 0 Å². The highest BCUT2D eigenvalue weighted by molar-refractivity contribution is 7.89. The van der Waals surface area contributed by atoms with E-state index in [1.807, 2.05) is 6.92 Å². The van der Waals surface area contributed by atoms with Gasteiger partial charge in [0.05, 0.1) is 6.61 Å². The Bertz CT molecular complexity index is 442. The van der Waals surface area contributed by atoms with Gasteiger partial charge in [-0.05, 0) is 18.1 Å². The van der Waals surface area contributed by atoms with Gasteiger partial charge in [-0.15, -0.1) is 0 Å². The molecule has 1 aromatic heterocycles. The zero-order valence-electron chi connectivity index (χ0n) is 10.1. The molecule has 0 bridgehead atoms. The Hall–Kier alpha value is -0.980. The Morgan fingerprint density at radius 2 is 2.06 bits per heavy atom. The minimum Gasteiger partial charge on any atom is -0.392 e. The molecule has 0 aliphatic rings. The summed E-state index contributed by atoms with van der Waals surface area (Å²) >= 11 is 0. The first-order valence-corrected chi connectivity index (χ1v) is 7.06. The number of aromatic nitrogens is 1. The minimum atomic E-state index is -3.50. The second kappa shape index (κ2) is 6.09. The SMILES string of the molecule is CCCN(CC)S(=O)(=O)c1ccc(CO)cn1. The van der Waals surface area contributed by atoms with Crippen molar-refractivity contribution >= 4 is 10.0 Å². The molecular formula is C11H18N2O3S. The highest BCUT2D eigenvalue weighted by Gasteiger charge is 2.23. The lowest BCUT2D eigenvalue weighted by atomic mass is 10.3. The maximum absolute atomic E-state index is 12.2. The number of aliphatic hydroxyl groups excluding tert-OH is 1. The summed E-state index contributed by atoms with van der Waals surface area (Å²) in [7, 11) is -3.50. The van der Waals surface area contributed by atoms with Gasteiger partial charge in [0.15, 0.2) is 5.03 Å². The molecule has 96 valence electrons. The summed E-state index contributed by atoms with van der Waals surface area (Å²) in [6.07, 6.45) is 2.15. The number of aliphatic hydroxyl groups is 1. The summed E-state index contributed by atoms with van der Waals surface area (Å²) in [6, 6.07) is 3.00. The Balaban J connectivity index is 3.02. The fourth-order valence-corrected chi connectivity index (χ4v) is 2.94. The van der Waals surface area contributed by atoms with Crippen molar-refractivity contribution in [1.82, 2.24) is 9.29 Å². The number of rotatable bonds is 6. The van der Waals surface area contributed by atoms with Gasteiger partial charge in [0, 0.05) is 19.3 Å². The highest BCUT2D eigenvalue weighted by atomic mass is 32.2.